The van der Waals surface area contributed by atoms with Gasteiger partial charge in [-0.2, -0.15) is 0 Å². The lowest BCUT2D eigenvalue weighted by atomic mass is 10.1. The van der Waals surface area contributed by atoms with Gasteiger partial charge in [-0.25, -0.2) is 9.59 Å². The summed E-state index contributed by atoms with van der Waals surface area (Å²) >= 11 is 0. The number of amides is 3. The second-order valence-electron chi connectivity index (χ2n) is 7.14. The Morgan fingerprint density at radius 1 is 1.10 bits per heavy atom. The van der Waals surface area contributed by atoms with Crippen molar-refractivity contribution >= 4 is 24.0 Å². The maximum Gasteiger partial charge on any atom is 0.337 e. The Morgan fingerprint density at radius 3 is 2.58 bits per heavy atom. The first-order chi connectivity index (χ1) is 14.9. The van der Waals surface area contributed by atoms with Crippen molar-refractivity contribution in [2.75, 3.05) is 7.11 Å². The number of urea groups is 1. The highest BCUT2D eigenvalue weighted by Gasteiger charge is 2.33. The number of nitrogens with one attached hydrogen (secondary N) is 1. The van der Waals surface area contributed by atoms with Crippen LogP contribution in [0, 0.1) is 6.92 Å². The van der Waals surface area contributed by atoms with Crippen molar-refractivity contribution in [3.63, 3.8) is 0 Å². The van der Waals surface area contributed by atoms with Crippen LogP contribution in [-0.4, -0.2) is 29.9 Å². The van der Waals surface area contributed by atoms with Crippen LogP contribution in [0.5, 0.6) is 0 Å². The first-order valence-electron chi connectivity index (χ1n) is 9.63. The molecule has 1 aliphatic rings. The van der Waals surface area contributed by atoms with E-state index >= 15 is 0 Å². The van der Waals surface area contributed by atoms with Gasteiger partial charge in [-0.1, -0.05) is 42.0 Å². The molecule has 0 bridgehead atoms. The number of ether oxygens (including phenoxy) is 1. The maximum absolute atomic E-state index is 12.7. The van der Waals surface area contributed by atoms with E-state index in [-0.39, 0.29) is 12.2 Å². The van der Waals surface area contributed by atoms with Gasteiger partial charge in [0.2, 0.25) is 0 Å². The molecular weight excluding hydrogens is 396 g/mol. The maximum atomic E-state index is 12.7. The molecule has 1 saturated heterocycles. The summed E-state index contributed by atoms with van der Waals surface area (Å²) in [5, 5.41) is 2.60. The summed E-state index contributed by atoms with van der Waals surface area (Å²) in [4.78, 5) is 37.7. The normalized spacial score (nSPS) is 14.8. The zero-order chi connectivity index (χ0) is 22.0. The second kappa shape index (κ2) is 8.31. The molecule has 0 spiro atoms. The van der Waals surface area contributed by atoms with E-state index in [0.29, 0.717) is 17.1 Å². The molecule has 1 fully saturated rings. The number of aryl methyl sites for hydroxylation is 1. The molecule has 0 atom stereocenters. The predicted octanol–water partition coefficient (Wildman–Crippen LogP) is 4.13. The molecular formula is C24H20N2O5. The molecule has 3 aromatic rings. The van der Waals surface area contributed by atoms with Crippen LogP contribution in [-0.2, 0) is 16.1 Å². The van der Waals surface area contributed by atoms with Crippen LogP contribution in [0.1, 0.15) is 27.2 Å². The molecule has 2 heterocycles. The number of furan rings is 1. The first kappa shape index (κ1) is 20.2. The smallest absolute Gasteiger partial charge is 0.337 e. The molecule has 156 valence electrons. The minimum Gasteiger partial charge on any atom is -0.465 e. The Bertz CT molecular complexity index is 1190. The molecule has 4 rings (SSSR count). The van der Waals surface area contributed by atoms with Gasteiger partial charge in [0.25, 0.3) is 5.91 Å². The Balaban J connectivity index is 1.50. The van der Waals surface area contributed by atoms with Gasteiger partial charge in [0.1, 0.15) is 17.2 Å². The van der Waals surface area contributed by atoms with Crippen molar-refractivity contribution < 1.29 is 23.5 Å². The lowest BCUT2D eigenvalue weighted by Gasteiger charge is -2.12. The molecule has 0 radical (unpaired) electrons. The number of carbonyl (C=O) groups excluding carboxylic acids is 3. The molecule has 1 aliphatic heterocycles. The van der Waals surface area contributed by atoms with Crippen LogP contribution in [0.2, 0.25) is 0 Å². The number of hydrogen-bond acceptors (Lipinski definition) is 5. The second-order valence-corrected chi connectivity index (χ2v) is 7.14. The average Bonchev–Trinajstić information content (AvgIpc) is 3.34. The van der Waals surface area contributed by atoms with Gasteiger partial charge in [-0.05, 0) is 36.8 Å². The summed E-state index contributed by atoms with van der Waals surface area (Å²) in [6.07, 6.45) is 1.50. The van der Waals surface area contributed by atoms with Crippen molar-refractivity contribution in [2.24, 2.45) is 0 Å². The number of imide groups is 1. The molecule has 0 saturated carbocycles. The van der Waals surface area contributed by atoms with Crippen LogP contribution in [0.25, 0.3) is 17.4 Å². The average molecular weight is 416 g/mol. The van der Waals surface area contributed by atoms with Crippen molar-refractivity contribution in [1.29, 1.82) is 0 Å². The summed E-state index contributed by atoms with van der Waals surface area (Å²) < 4.78 is 10.5. The van der Waals surface area contributed by atoms with Gasteiger partial charge < -0.3 is 14.5 Å². The summed E-state index contributed by atoms with van der Waals surface area (Å²) in [5.74, 6) is 0.166. The van der Waals surface area contributed by atoms with E-state index in [0.717, 1.165) is 21.6 Å². The monoisotopic (exact) mass is 416 g/mol. The van der Waals surface area contributed by atoms with E-state index in [1.54, 1.807) is 36.4 Å². The highest BCUT2D eigenvalue weighted by Crippen LogP contribution is 2.25. The largest absolute Gasteiger partial charge is 0.465 e. The van der Waals surface area contributed by atoms with E-state index in [1.807, 2.05) is 31.2 Å². The molecule has 1 aromatic heterocycles. The minimum atomic E-state index is -0.470. The van der Waals surface area contributed by atoms with Crippen molar-refractivity contribution in [1.82, 2.24) is 10.2 Å². The Hall–Kier alpha value is -4.13. The number of benzene rings is 2. The van der Waals surface area contributed by atoms with Crippen LogP contribution in [0.4, 0.5) is 4.79 Å². The van der Waals surface area contributed by atoms with Crippen LogP contribution in [0.3, 0.4) is 0 Å². The van der Waals surface area contributed by atoms with Crippen molar-refractivity contribution in [3.05, 3.63) is 88.8 Å². The molecule has 0 aliphatic carbocycles. The third-order valence-electron chi connectivity index (χ3n) is 4.89. The van der Waals surface area contributed by atoms with Gasteiger partial charge in [0.05, 0.1) is 19.2 Å². The third kappa shape index (κ3) is 4.25. The summed E-state index contributed by atoms with van der Waals surface area (Å²) in [6, 6.07) is 17.4. The summed E-state index contributed by atoms with van der Waals surface area (Å²) in [5.41, 5.74) is 3.29. The van der Waals surface area contributed by atoms with Gasteiger partial charge in [0.15, 0.2) is 0 Å². The van der Waals surface area contributed by atoms with Gasteiger partial charge in [-0.15, -0.1) is 0 Å². The van der Waals surface area contributed by atoms with Gasteiger partial charge in [0, 0.05) is 11.6 Å². The van der Waals surface area contributed by atoms with Gasteiger partial charge >= 0.3 is 12.0 Å². The first-order valence-corrected chi connectivity index (χ1v) is 9.63. The quantitative estimate of drug-likeness (QED) is 0.384. The fraction of sp³-hybridized carbons (Fsp3) is 0.125. The fourth-order valence-corrected chi connectivity index (χ4v) is 3.32. The number of nitrogens with zero attached hydrogens (tertiary/aromatic N) is 1. The summed E-state index contributed by atoms with van der Waals surface area (Å²) in [6.45, 7) is 2.15. The van der Waals surface area contributed by atoms with E-state index in [9.17, 15) is 14.4 Å². The standard InChI is InChI=1S/C24H20N2O5/c1-15-4-3-5-16(12-15)14-26-22(27)20(25-24(26)29)13-19-10-11-21(31-19)17-6-8-18(9-7-17)23(28)30-2/h3-13H,14H2,1-2H3,(H,25,29)/b20-13+. The molecule has 3 amide bonds. The molecule has 31 heavy (non-hydrogen) atoms. The number of esters is 1. The molecule has 7 nitrogen and oxygen atoms in total. The lowest BCUT2D eigenvalue weighted by Crippen LogP contribution is -2.30. The van der Waals surface area contributed by atoms with Crippen molar-refractivity contribution in [2.45, 2.75) is 13.5 Å². The third-order valence-corrected chi connectivity index (χ3v) is 4.89. The van der Waals surface area contributed by atoms with Crippen LogP contribution >= 0.6 is 0 Å². The van der Waals surface area contributed by atoms with E-state index in [1.165, 1.54) is 13.2 Å². The zero-order valence-corrected chi connectivity index (χ0v) is 17.0. The summed E-state index contributed by atoms with van der Waals surface area (Å²) in [7, 11) is 1.33. The minimum absolute atomic E-state index is 0.152. The lowest BCUT2D eigenvalue weighted by molar-refractivity contribution is -0.123. The fourth-order valence-electron chi connectivity index (χ4n) is 3.32. The van der Waals surface area contributed by atoms with Crippen molar-refractivity contribution in [3.8, 4) is 11.3 Å². The number of methoxy groups -OCH3 is 1. The Morgan fingerprint density at radius 2 is 1.87 bits per heavy atom. The van der Waals surface area contributed by atoms with Gasteiger partial charge in [-0.3, -0.25) is 9.69 Å². The van der Waals surface area contributed by atoms with Crippen LogP contribution in [0.15, 0.2) is 70.8 Å². The molecule has 1 N–H and O–H groups in total. The van der Waals surface area contributed by atoms with E-state index < -0.39 is 17.9 Å². The SMILES string of the molecule is COC(=O)c1ccc(-c2ccc(/C=C3/NC(=O)N(Cc4cccc(C)c4)C3=O)o2)cc1. The highest BCUT2D eigenvalue weighted by atomic mass is 16.5. The van der Waals surface area contributed by atoms with E-state index in [4.69, 9.17) is 9.15 Å². The topological polar surface area (TPSA) is 88.9 Å². The number of rotatable bonds is 5. The number of carbonyl (C=O) groups is 3. The Labute approximate surface area is 178 Å². The van der Waals surface area contributed by atoms with Crippen LogP contribution < -0.4 is 5.32 Å². The van der Waals surface area contributed by atoms with E-state index in [2.05, 4.69) is 5.32 Å². The number of hydrogen-bond donors (Lipinski definition) is 1. The Kier molecular flexibility index (Phi) is 5.41. The zero-order valence-electron chi connectivity index (χ0n) is 17.0. The molecule has 7 heteroatoms. The highest BCUT2D eigenvalue weighted by molar-refractivity contribution is 6.13. The predicted molar refractivity (Wildman–Crippen MR) is 114 cm³/mol. The molecule has 0 unspecified atom stereocenters. The molecule has 2 aromatic carbocycles.